The fourth-order valence-electron chi connectivity index (χ4n) is 7.33. The Labute approximate surface area is 319 Å². The maximum atomic E-state index is 14.4. The second-order valence-corrected chi connectivity index (χ2v) is 15.6. The fraction of sp³-hybridized carbons (Fsp3) is 0.500. The molecule has 1 saturated heterocycles. The summed E-state index contributed by atoms with van der Waals surface area (Å²) in [4.78, 5) is 62.9. The zero-order valence-corrected chi connectivity index (χ0v) is 32.7. The molecule has 1 aliphatic rings. The first-order valence-electron chi connectivity index (χ1n) is 18.9. The van der Waals surface area contributed by atoms with Crippen molar-refractivity contribution in [2.24, 2.45) is 11.3 Å². The molecule has 3 aromatic rings. The van der Waals surface area contributed by atoms with Crippen molar-refractivity contribution in [3.05, 3.63) is 101 Å². The molecule has 292 valence electrons. The van der Waals surface area contributed by atoms with Gasteiger partial charge in [0.1, 0.15) is 12.1 Å². The van der Waals surface area contributed by atoms with Gasteiger partial charge in [-0.3, -0.25) is 19.5 Å². The lowest BCUT2D eigenvalue weighted by molar-refractivity contribution is -0.131. The minimum atomic E-state index is -1.24. The van der Waals surface area contributed by atoms with E-state index < -0.39 is 47.7 Å². The molecule has 4 N–H and O–H groups in total. The third-order valence-corrected chi connectivity index (χ3v) is 10.4. The van der Waals surface area contributed by atoms with Gasteiger partial charge in [-0.05, 0) is 60.3 Å². The summed E-state index contributed by atoms with van der Waals surface area (Å²) < 4.78 is 0. The molecule has 12 nitrogen and oxygen atoms in total. The molecule has 5 amide bonds. The summed E-state index contributed by atoms with van der Waals surface area (Å²) in [6.45, 7) is 12.5. The second-order valence-electron chi connectivity index (χ2n) is 15.6. The Morgan fingerprint density at radius 2 is 1.52 bits per heavy atom. The van der Waals surface area contributed by atoms with Crippen LogP contribution in [0.25, 0.3) is 0 Å². The summed E-state index contributed by atoms with van der Waals surface area (Å²) in [7, 11) is 1.36. The summed E-state index contributed by atoms with van der Waals surface area (Å²) in [5.74, 6) is -0.974. The van der Waals surface area contributed by atoms with Gasteiger partial charge in [0.15, 0.2) is 0 Å². The molecule has 0 aliphatic carbocycles. The van der Waals surface area contributed by atoms with Gasteiger partial charge in [0.2, 0.25) is 11.8 Å². The van der Waals surface area contributed by atoms with E-state index in [1.165, 1.54) is 7.05 Å². The highest BCUT2D eigenvalue weighted by atomic mass is 16.4. The van der Waals surface area contributed by atoms with Crippen LogP contribution in [0, 0.1) is 18.3 Å². The van der Waals surface area contributed by atoms with Gasteiger partial charge in [-0.15, -0.1) is 0 Å². The number of hydrogen-bond donors (Lipinski definition) is 4. The number of aromatic nitrogens is 1. The zero-order chi connectivity index (χ0) is 39.6. The van der Waals surface area contributed by atoms with Gasteiger partial charge in [0.05, 0.1) is 12.1 Å². The van der Waals surface area contributed by atoms with Crippen molar-refractivity contribution in [3.63, 3.8) is 0 Å². The molecule has 6 atom stereocenters. The molecule has 1 fully saturated rings. The van der Waals surface area contributed by atoms with Crippen LogP contribution in [0.5, 0.6) is 0 Å². The average Bonchev–Trinajstić information content (AvgIpc) is 3.47. The van der Waals surface area contributed by atoms with Gasteiger partial charge < -0.3 is 30.6 Å². The lowest BCUT2D eigenvalue weighted by atomic mass is 9.84. The minimum Gasteiger partial charge on any atom is -0.465 e. The van der Waals surface area contributed by atoms with E-state index in [0.29, 0.717) is 32.5 Å². The van der Waals surface area contributed by atoms with Gasteiger partial charge in [-0.2, -0.15) is 0 Å². The van der Waals surface area contributed by atoms with Gasteiger partial charge in [0.25, 0.3) is 0 Å². The first-order valence-corrected chi connectivity index (χ1v) is 18.9. The summed E-state index contributed by atoms with van der Waals surface area (Å²) in [5.41, 5.74) is 2.89. The molecule has 0 saturated carbocycles. The fourth-order valence-corrected chi connectivity index (χ4v) is 7.33. The molecule has 0 spiro atoms. The van der Waals surface area contributed by atoms with Crippen LogP contribution in [0.15, 0.2) is 79.0 Å². The van der Waals surface area contributed by atoms with Gasteiger partial charge in [-0.25, -0.2) is 9.59 Å². The lowest BCUT2D eigenvalue weighted by Gasteiger charge is -2.37. The molecule has 2 unspecified atom stereocenters. The number of nitrogens with zero attached hydrogens (tertiary/aromatic N) is 4. The summed E-state index contributed by atoms with van der Waals surface area (Å²) >= 11 is 0. The van der Waals surface area contributed by atoms with E-state index in [-0.39, 0.29) is 30.7 Å². The van der Waals surface area contributed by atoms with Crippen LogP contribution in [-0.4, -0.2) is 104 Å². The lowest BCUT2D eigenvalue weighted by Crippen LogP contribution is -2.58. The predicted molar refractivity (Wildman–Crippen MR) is 209 cm³/mol. The molecule has 4 rings (SSSR count). The van der Waals surface area contributed by atoms with E-state index in [2.05, 4.69) is 15.6 Å². The van der Waals surface area contributed by atoms with E-state index in [0.717, 1.165) is 27.3 Å². The topological polar surface area (TPSA) is 155 Å². The average molecular weight is 743 g/mol. The highest BCUT2D eigenvalue weighted by molar-refractivity contribution is 5.88. The number of pyridine rings is 1. The SMILES string of the molecule is CCC(C)C(C(=O)N[C@@H](Cc1ccccc1)C[C@@H](O)[C@H](Cc1ccccc1)NC(=O)[C@@H](N(C)C(=O)O)C(C)(C)C)N1CCN(Cc2cccnc2C)C1=O. The maximum absolute atomic E-state index is 14.4. The number of aliphatic hydroxyl groups is 1. The Balaban J connectivity index is 1.60. The highest BCUT2D eigenvalue weighted by Gasteiger charge is 2.42. The zero-order valence-electron chi connectivity index (χ0n) is 32.7. The van der Waals surface area contributed by atoms with E-state index in [1.807, 2.05) is 93.6 Å². The third-order valence-electron chi connectivity index (χ3n) is 10.4. The third kappa shape index (κ3) is 11.0. The van der Waals surface area contributed by atoms with Crippen LogP contribution in [0.1, 0.15) is 69.8 Å². The standard InChI is InChI=1S/C42H58N6O6/c1-8-28(2)36(48-23-22-47(40(48)52)27-32-20-15-21-43-29(32)3)38(50)44-33(24-30-16-11-9-12-17-30)26-35(49)34(25-31-18-13-10-14-19-31)45-39(51)37(42(4,5)6)46(7)41(53)54/h9-21,28,33-37,49H,8,22-27H2,1-7H3,(H,44,50)(H,45,51)(H,53,54)/t28?,33-,34-,35+,36?,37+/m0/s1. The summed E-state index contributed by atoms with van der Waals surface area (Å²) in [6.07, 6.45) is 0.779. The van der Waals surface area contributed by atoms with Crippen molar-refractivity contribution in [2.45, 2.75) is 104 Å². The number of amides is 5. The van der Waals surface area contributed by atoms with Crippen molar-refractivity contribution >= 4 is 23.9 Å². The minimum absolute atomic E-state index is 0.0843. The number of carbonyl (C=O) groups excluding carboxylic acids is 3. The monoisotopic (exact) mass is 742 g/mol. The molecule has 0 bridgehead atoms. The number of carboxylic acid groups (broad SMARTS) is 1. The summed E-state index contributed by atoms with van der Waals surface area (Å²) in [6, 6.07) is 19.6. The molecular weight excluding hydrogens is 684 g/mol. The van der Waals surface area contributed by atoms with Crippen molar-refractivity contribution in [3.8, 4) is 0 Å². The molecule has 1 aliphatic heterocycles. The van der Waals surface area contributed by atoms with Crippen LogP contribution in [0.4, 0.5) is 9.59 Å². The van der Waals surface area contributed by atoms with E-state index in [4.69, 9.17) is 0 Å². The molecule has 12 heteroatoms. The number of carbonyl (C=O) groups is 4. The largest absolute Gasteiger partial charge is 0.465 e. The Bertz CT molecular complexity index is 1700. The highest BCUT2D eigenvalue weighted by Crippen LogP contribution is 2.26. The van der Waals surface area contributed by atoms with E-state index in [1.54, 1.807) is 36.8 Å². The second kappa shape index (κ2) is 18.9. The smallest absolute Gasteiger partial charge is 0.407 e. The number of aryl methyl sites for hydroxylation is 1. The van der Waals surface area contributed by atoms with Crippen LogP contribution in [0.3, 0.4) is 0 Å². The Kier molecular flexibility index (Phi) is 14.6. The van der Waals surface area contributed by atoms with Crippen molar-refractivity contribution in [1.82, 2.24) is 30.3 Å². The Morgan fingerprint density at radius 3 is 2.07 bits per heavy atom. The molecule has 54 heavy (non-hydrogen) atoms. The predicted octanol–water partition coefficient (Wildman–Crippen LogP) is 5.27. The van der Waals surface area contributed by atoms with Crippen LogP contribution < -0.4 is 10.6 Å². The quantitative estimate of drug-likeness (QED) is 0.147. The van der Waals surface area contributed by atoms with E-state index >= 15 is 0 Å². The van der Waals surface area contributed by atoms with Gasteiger partial charge in [0, 0.05) is 44.6 Å². The summed E-state index contributed by atoms with van der Waals surface area (Å²) in [5, 5.41) is 28.0. The molecule has 2 heterocycles. The van der Waals surface area contributed by atoms with Gasteiger partial charge >= 0.3 is 12.1 Å². The van der Waals surface area contributed by atoms with Crippen molar-refractivity contribution < 1.29 is 29.4 Å². The van der Waals surface area contributed by atoms with Crippen LogP contribution >= 0.6 is 0 Å². The number of aliphatic hydroxyl groups excluding tert-OH is 1. The molecule has 0 radical (unpaired) electrons. The Hall–Kier alpha value is -4.97. The number of urea groups is 1. The van der Waals surface area contributed by atoms with Crippen molar-refractivity contribution in [1.29, 1.82) is 0 Å². The molecular formula is C42H58N6O6. The molecule has 2 aromatic carbocycles. The Morgan fingerprint density at radius 1 is 0.907 bits per heavy atom. The van der Waals surface area contributed by atoms with Gasteiger partial charge in [-0.1, -0.05) is 108 Å². The number of hydrogen-bond acceptors (Lipinski definition) is 6. The normalized spacial score (nSPS) is 16.6. The first-order chi connectivity index (χ1) is 25.6. The maximum Gasteiger partial charge on any atom is 0.407 e. The number of rotatable bonds is 17. The number of likely N-dealkylation sites (N-methyl/N-ethyl adjacent to an activating group) is 1. The van der Waals surface area contributed by atoms with Crippen molar-refractivity contribution in [2.75, 3.05) is 20.1 Å². The first kappa shape index (κ1) is 41.8. The van der Waals surface area contributed by atoms with Crippen LogP contribution in [0.2, 0.25) is 0 Å². The van der Waals surface area contributed by atoms with E-state index in [9.17, 15) is 29.4 Å². The molecule has 1 aromatic heterocycles. The van der Waals surface area contributed by atoms with Crippen LogP contribution in [-0.2, 0) is 29.0 Å². The number of nitrogens with one attached hydrogen (secondary N) is 2. The number of benzene rings is 2.